The van der Waals surface area contributed by atoms with E-state index in [-0.39, 0.29) is 5.91 Å². The number of nitrogens with one attached hydrogen (secondary N) is 1. The third kappa shape index (κ3) is 4.01. The molecule has 0 saturated heterocycles. The normalized spacial score (nSPS) is 17.1. The van der Waals surface area contributed by atoms with E-state index in [9.17, 15) is 4.79 Å². The molecule has 4 rings (SSSR count). The second-order valence-electron chi connectivity index (χ2n) is 6.93. The Hall–Kier alpha value is -1.53. The quantitative estimate of drug-likeness (QED) is 0.751. The van der Waals surface area contributed by atoms with E-state index in [4.69, 9.17) is 11.6 Å². The molecule has 0 aliphatic heterocycles. The van der Waals surface area contributed by atoms with Crippen molar-refractivity contribution in [3.05, 3.63) is 29.3 Å². The number of halogens is 1. The van der Waals surface area contributed by atoms with Gasteiger partial charge in [-0.15, -0.1) is 10.2 Å². The molecule has 2 saturated carbocycles. The van der Waals surface area contributed by atoms with Gasteiger partial charge in [0.25, 0.3) is 0 Å². The van der Waals surface area contributed by atoms with Crippen molar-refractivity contribution in [1.29, 1.82) is 0 Å². The molecule has 2 aromatic rings. The number of amides is 1. The Balaban J connectivity index is 1.36. The lowest BCUT2D eigenvalue weighted by molar-refractivity contribution is -0.119. The summed E-state index contributed by atoms with van der Waals surface area (Å²) in [7, 11) is 1.92. The molecule has 2 fully saturated rings. The van der Waals surface area contributed by atoms with Crippen LogP contribution in [0.3, 0.4) is 0 Å². The van der Waals surface area contributed by atoms with Gasteiger partial charge < -0.3 is 9.88 Å². The molecule has 2 aliphatic carbocycles. The van der Waals surface area contributed by atoms with Crippen LogP contribution in [0.2, 0.25) is 5.02 Å². The molecule has 0 bridgehead atoms. The Morgan fingerprint density at radius 3 is 2.48 bits per heavy atom. The van der Waals surface area contributed by atoms with Crippen molar-refractivity contribution in [2.24, 2.45) is 18.9 Å². The maximum absolute atomic E-state index is 12.3. The van der Waals surface area contributed by atoms with Gasteiger partial charge in [0, 0.05) is 23.7 Å². The van der Waals surface area contributed by atoms with Gasteiger partial charge in [0.2, 0.25) is 5.91 Å². The van der Waals surface area contributed by atoms with Gasteiger partial charge in [-0.3, -0.25) is 4.79 Å². The third-order valence-electron chi connectivity index (χ3n) is 4.86. The van der Waals surface area contributed by atoms with Gasteiger partial charge in [0.15, 0.2) is 11.0 Å². The van der Waals surface area contributed by atoms with Crippen molar-refractivity contribution in [3.63, 3.8) is 0 Å². The third-order valence-corrected chi connectivity index (χ3v) is 6.13. The standard InChI is InChI=1S/C18H21ClN4OS/c1-23-17(13-6-8-14(19)9-7-13)21-22-18(23)25-10-15(24)20-16(11-2-3-11)12-4-5-12/h6-9,11-12,16H,2-5,10H2,1H3,(H,20,24). The summed E-state index contributed by atoms with van der Waals surface area (Å²) in [5.41, 5.74) is 0.957. The number of carbonyl (C=O) groups excluding carboxylic acids is 1. The van der Waals surface area contributed by atoms with E-state index in [1.807, 2.05) is 35.9 Å². The molecule has 2 aliphatic rings. The highest BCUT2D eigenvalue weighted by Gasteiger charge is 2.42. The predicted octanol–water partition coefficient (Wildman–Crippen LogP) is 3.53. The lowest BCUT2D eigenvalue weighted by Crippen LogP contribution is -2.39. The summed E-state index contributed by atoms with van der Waals surface area (Å²) in [6, 6.07) is 7.91. The second-order valence-corrected chi connectivity index (χ2v) is 8.31. The number of carbonyl (C=O) groups is 1. The van der Waals surface area contributed by atoms with Gasteiger partial charge in [-0.2, -0.15) is 0 Å². The molecular formula is C18H21ClN4OS. The first kappa shape index (κ1) is 16.9. The average Bonchev–Trinajstić information content (AvgIpc) is 3.51. The molecule has 0 spiro atoms. The van der Waals surface area contributed by atoms with E-state index in [1.165, 1.54) is 37.4 Å². The summed E-state index contributed by atoms with van der Waals surface area (Å²) in [6.45, 7) is 0. The van der Waals surface area contributed by atoms with Crippen molar-refractivity contribution in [3.8, 4) is 11.4 Å². The van der Waals surface area contributed by atoms with E-state index in [1.54, 1.807) is 0 Å². The monoisotopic (exact) mass is 376 g/mol. The molecule has 0 radical (unpaired) electrons. The highest BCUT2D eigenvalue weighted by atomic mass is 35.5. The average molecular weight is 377 g/mol. The highest BCUT2D eigenvalue weighted by molar-refractivity contribution is 7.99. The predicted molar refractivity (Wildman–Crippen MR) is 99.6 cm³/mol. The first-order valence-corrected chi connectivity index (χ1v) is 10.1. The fourth-order valence-electron chi connectivity index (χ4n) is 3.18. The highest BCUT2D eigenvalue weighted by Crippen LogP contribution is 2.44. The molecule has 1 heterocycles. The van der Waals surface area contributed by atoms with Gasteiger partial charge in [-0.25, -0.2) is 0 Å². The van der Waals surface area contributed by atoms with Crippen LogP contribution in [0.15, 0.2) is 29.4 Å². The van der Waals surface area contributed by atoms with Crippen LogP contribution in [0.25, 0.3) is 11.4 Å². The van der Waals surface area contributed by atoms with Crippen molar-refractivity contribution in [2.75, 3.05) is 5.75 Å². The largest absolute Gasteiger partial charge is 0.352 e. The van der Waals surface area contributed by atoms with Crippen LogP contribution in [-0.4, -0.2) is 32.5 Å². The number of aromatic nitrogens is 3. The molecule has 1 aromatic carbocycles. The molecule has 1 aromatic heterocycles. The summed E-state index contributed by atoms with van der Waals surface area (Å²) in [5, 5.41) is 13.2. The second kappa shape index (κ2) is 7.00. The topological polar surface area (TPSA) is 59.8 Å². The Bertz CT molecular complexity index is 756. The number of nitrogens with zero attached hydrogens (tertiary/aromatic N) is 3. The van der Waals surface area contributed by atoms with Gasteiger partial charge >= 0.3 is 0 Å². The zero-order chi connectivity index (χ0) is 17.4. The van der Waals surface area contributed by atoms with Crippen LogP contribution in [0.1, 0.15) is 25.7 Å². The van der Waals surface area contributed by atoms with Crippen molar-refractivity contribution < 1.29 is 4.79 Å². The lowest BCUT2D eigenvalue weighted by Gasteiger charge is -2.17. The van der Waals surface area contributed by atoms with Crippen LogP contribution < -0.4 is 5.32 Å². The molecule has 5 nitrogen and oxygen atoms in total. The fourth-order valence-corrected chi connectivity index (χ4v) is 4.03. The molecule has 1 N–H and O–H groups in total. The van der Waals surface area contributed by atoms with Crippen molar-refractivity contribution in [1.82, 2.24) is 20.1 Å². The Morgan fingerprint density at radius 1 is 1.24 bits per heavy atom. The minimum absolute atomic E-state index is 0.102. The van der Waals surface area contributed by atoms with Gasteiger partial charge in [0.05, 0.1) is 5.75 Å². The van der Waals surface area contributed by atoms with E-state index in [2.05, 4.69) is 15.5 Å². The number of rotatable bonds is 7. The van der Waals surface area contributed by atoms with Crippen LogP contribution in [0.4, 0.5) is 0 Å². The summed E-state index contributed by atoms with van der Waals surface area (Å²) < 4.78 is 1.92. The van der Waals surface area contributed by atoms with Crippen molar-refractivity contribution >= 4 is 29.3 Å². The fraction of sp³-hybridized carbons (Fsp3) is 0.500. The minimum Gasteiger partial charge on any atom is -0.352 e. The summed E-state index contributed by atoms with van der Waals surface area (Å²) in [5.74, 6) is 2.68. The van der Waals surface area contributed by atoms with E-state index in [0.717, 1.165) is 16.5 Å². The van der Waals surface area contributed by atoms with E-state index >= 15 is 0 Å². The minimum atomic E-state index is 0.102. The summed E-state index contributed by atoms with van der Waals surface area (Å²) in [4.78, 5) is 12.3. The molecule has 25 heavy (non-hydrogen) atoms. The van der Waals surface area contributed by atoms with Gasteiger partial charge in [0.1, 0.15) is 0 Å². The lowest BCUT2D eigenvalue weighted by atomic mass is 10.1. The van der Waals surface area contributed by atoms with Crippen LogP contribution >= 0.6 is 23.4 Å². The number of thioether (sulfide) groups is 1. The first-order valence-electron chi connectivity index (χ1n) is 8.69. The summed E-state index contributed by atoms with van der Waals surface area (Å²) >= 11 is 7.36. The van der Waals surface area contributed by atoms with Crippen molar-refractivity contribution in [2.45, 2.75) is 36.9 Å². The smallest absolute Gasteiger partial charge is 0.230 e. The molecule has 7 heteroatoms. The SMILES string of the molecule is Cn1c(SCC(=O)NC(C2CC2)C2CC2)nnc1-c1ccc(Cl)cc1. The Labute approximate surface area is 156 Å². The van der Waals surface area contributed by atoms with E-state index in [0.29, 0.717) is 28.7 Å². The maximum atomic E-state index is 12.3. The molecule has 0 atom stereocenters. The first-order chi connectivity index (χ1) is 12.1. The Kier molecular flexibility index (Phi) is 4.73. The molecule has 132 valence electrons. The van der Waals surface area contributed by atoms with Crippen LogP contribution in [0, 0.1) is 11.8 Å². The Morgan fingerprint density at radius 2 is 1.88 bits per heavy atom. The molecular weight excluding hydrogens is 356 g/mol. The molecule has 1 amide bonds. The van der Waals surface area contributed by atoms with Crippen LogP contribution in [0.5, 0.6) is 0 Å². The number of benzene rings is 1. The number of hydrogen-bond donors (Lipinski definition) is 1. The van der Waals surface area contributed by atoms with Crippen LogP contribution in [-0.2, 0) is 11.8 Å². The molecule has 0 unspecified atom stereocenters. The maximum Gasteiger partial charge on any atom is 0.230 e. The van der Waals surface area contributed by atoms with Gasteiger partial charge in [-0.1, -0.05) is 23.4 Å². The number of hydrogen-bond acceptors (Lipinski definition) is 4. The van der Waals surface area contributed by atoms with Gasteiger partial charge in [-0.05, 0) is 61.8 Å². The summed E-state index contributed by atoms with van der Waals surface area (Å²) in [6.07, 6.45) is 5.06. The zero-order valence-electron chi connectivity index (χ0n) is 14.1. The van der Waals surface area contributed by atoms with E-state index < -0.39 is 0 Å². The zero-order valence-corrected chi connectivity index (χ0v) is 15.7.